The highest BCUT2D eigenvalue weighted by Crippen LogP contribution is 2.45. The Morgan fingerprint density at radius 3 is 2.69 bits per heavy atom. The predicted octanol–water partition coefficient (Wildman–Crippen LogP) is 5.26. The van der Waals surface area contributed by atoms with Crippen LogP contribution in [0.4, 0.5) is 5.69 Å². The van der Waals surface area contributed by atoms with Crippen molar-refractivity contribution in [2.24, 2.45) is 0 Å². The van der Waals surface area contributed by atoms with Crippen molar-refractivity contribution in [2.75, 3.05) is 16.8 Å². The van der Waals surface area contributed by atoms with Crippen molar-refractivity contribution < 1.29 is 4.79 Å². The number of thioether (sulfide) groups is 2. The van der Waals surface area contributed by atoms with Gasteiger partial charge in [0.2, 0.25) is 0 Å². The number of amides is 1. The fraction of sp³-hybridized carbons (Fsp3) is 0.158. The second kappa shape index (κ2) is 7.78. The molecule has 3 aromatic rings. The normalized spacial score (nSPS) is 14.5. The van der Waals surface area contributed by atoms with Crippen LogP contribution in [-0.4, -0.2) is 27.2 Å². The molecule has 0 radical (unpaired) electrons. The molecule has 2 aromatic carbocycles. The zero-order valence-corrected chi connectivity index (χ0v) is 16.2. The van der Waals surface area contributed by atoms with Gasteiger partial charge in [-0.05, 0) is 42.0 Å². The lowest BCUT2D eigenvalue weighted by atomic mass is 10.2. The topological polar surface area (TPSA) is 46.9 Å². The van der Waals surface area contributed by atoms with Crippen molar-refractivity contribution in [3.8, 4) is 5.69 Å². The largest absolute Gasteiger partial charge is 0.322 e. The number of halogens is 1. The zero-order chi connectivity index (χ0) is 17.9. The first-order valence-corrected chi connectivity index (χ1v) is 10.6. The standard InChI is InChI=1S/C19H16ClN3OS2/c20-15-4-6-17(7-5-15)23-12-14(11-21-23)18(24)22-16-3-1-2-13(10-16)19-25-8-9-26-19/h1-7,10-12,19H,8-9H2,(H,22,24). The molecule has 1 N–H and O–H groups in total. The molecule has 0 spiro atoms. The lowest BCUT2D eigenvalue weighted by Crippen LogP contribution is -2.11. The number of carbonyl (C=O) groups is 1. The molecule has 0 aliphatic carbocycles. The molecule has 1 saturated heterocycles. The molecule has 1 amide bonds. The molecular formula is C19H16ClN3OS2. The summed E-state index contributed by atoms with van der Waals surface area (Å²) in [4.78, 5) is 12.5. The maximum Gasteiger partial charge on any atom is 0.258 e. The van der Waals surface area contributed by atoms with Crippen LogP contribution in [0.15, 0.2) is 60.9 Å². The molecule has 2 heterocycles. The molecular weight excluding hydrogens is 386 g/mol. The van der Waals surface area contributed by atoms with E-state index < -0.39 is 0 Å². The molecule has 132 valence electrons. The first-order valence-electron chi connectivity index (χ1n) is 8.14. The van der Waals surface area contributed by atoms with Crippen LogP contribution in [0.2, 0.25) is 5.02 Å². The van der Waals surface area contributed by atoms with Crippen LogP contribution in [0.3, 0.4) is 0 Å². The summed E-state index contributed by atoms with van der Waals surface area (Å²) in [5.41, 5.74) is 3.41. The van der Waals surface area contributed by atoms with E-state index in [9.17, 15) is 4.79 Å². The van der Waals surface area contributed by atoms with Gasteiger partial charge >= 0.3 is 0 Å². The van der Waals surface area contributed by atoms with Crippen LogP contribution < -0.4 is 5.32 Å². The maximum atomic E-state index is 12.5. The molecule has 1 aromatic heterocycles. The van der Waals surface area contributed by atoms with Crippen molar-refractivity contribution in [1.82, 2.24) is 9.78 Å². The van der Waals surface area contributed by atoms with Crippen molar-refractivity contribution in [2.45, 2.75) is 4.58 Å². The summed E-state index contributed by atoms with van der Waals surface area (Å²) < 4.78 is 2.12. The summed E-state index contributed by atoms with van der Waals surface area (Å²) in [5, 5.41) is 7.89. The van der Waals surface area contributed by atoms with Crippen LogP contribution in [0, 0.1) is 0 Å². The lowest BCUT2D eigenvalue weighted by Gasteiger charge is -2.10. The highest BCUT2D eigenvalue weighted by Gasteiger charge is 2.18. The van der Waals surface area contributed by atoms with Gasteiger partial charge in [0.15, 0.2) is 0 Å². The minimum atomic E-state index is -0.172. The fourth-order valence-electron chi connectivity index (χ4n) is 2.69. The van der Waals surface area contributed by atoms with Gasteiger partial charge in [-0.15, -0.1) is 23.5 Å². The van der Waals surface area contributed by atoms with E-state index in [0.29, 0.717) is 15.2 Å². The monoisotopic (exact) mass is 401 g/mol. The quantitative estimate of drug-likeness (QED) is 0.648. The Kier molecular flexibility index (Phi) is 5.24. The number of nitrogens with one attached hydrogen (secondary N) is 1. The molecule has 0 atom stereocenters. The minimum Gasteiger partial charge on any atom is -0.322 e. The Labute approximate surface area is 165 Å². The first kappa shape index (κ1) is 17.5. The Bertz CT molecular complexity index is 921. The predicted molar refractivity (Wildman–Crippen MR) is 111 cm³/mol. The second-order valence-electron chi connectivity index (χ2n) is 5.80. The summed E-state index contributed by atoms with van der Waals surface area (Å²) >= 11 is 9.81. The molecule has 1 aliphatic heterocycles. The van der Waals surface area contributed by atoms with Gasteiger partial charge in [0.1, 0.15) is 0 Å². The van der Waals surface area contributed by atoms with Crippen molar-refractivity contribution >= 4 is 46.7 Å². The maximum absolute atomic E-state index is 12.5. The average Bonchev–Trinajstić information content (AvgIpc) is 3.35. The van der Waals surface area contributed by atoms with Gasteiger partial charge in [-0.1, -0.05) is 23.7 Å². The number of rotatable bonds is 4. The summed E-state index contributed by atoms with van der Waals surface area (Å²) in [6.45, 7) is 0. The number of hydrogen-bond donors (Lipinski definition) is 1. The lowest BCUT2D eigenvalue weighted by molar-refractivity contribution is 0.102. The van der Waals surface area contributed by atoms with Gasteiger partial charge in [0.05, 0.1) is 22.0 Å². The molecule has 4 nitrogen and oxygen atoms in total. The summed E-state index contributed by atoms with van der Waals surface area (Å²) in [7, 11) is 0. The smallest absolute Gasteiger partial charge is 0.258 e. The van der Waals surface area contributed by atoms with Gasteiger partial charge < -0.3 is 5.32 Å². The Morgan fingerprint density at radius 2 is 1.92 bits per heavy atom. The first-order chi connectivity index (χ1) is 12.7. The van der Waals surface area contributed by atoms with Crippen LogP contribution in [0.1, 0.15) is 20.5 Å². The highest BCUT2D eigenvalue weighted by molar-refractivity contribution is 8.19. The van der Waals surface area contributed by atoms with E-state index in [1.54, 1.807) is 29.2 Å². The van der Waals surface area contributed by atoms with E-state index in [1.807, 2.05) is 47.8 Å². The fourth-order valence-corrected chi connectivity index (χ4v) is 5.66. The number of hydrogen-bond acceptors (Lipinski definition) is 4. The number of aromatic nitrogens is 2. The number of anilines is 1. The molecule has 4 rings (SSSR count). The molecule has 1 aliphatic rings. The van der Waals surface area contributed by atoms with Crippen LogP contribution in [0.5, 0.6) is 0 Å². The molecule has 0 unspecified atom stereocenters. The SMILES string of the molecule is O=C(Nc1cccc(C2SCCS2)c1)c1cnn(-c2ccc(Cl)cc2)c1. The van der Waals surface area contributed by atoms with Gasteiger partial charge in [0.25, 0.3) is 5.91 Å². The molecule has 0 saturated carbocycles. The van der Waals surface area contributed by atoms with Crippen molar-refractivity contribution in [3.63, 3.8) is 0 Å². The molecule has 0 bridgehead atoms. The Hall–Kier alpha value is -1.89. The van der Waals surface area contributed by atoms with Gasteiger partial charge in [-0.2, -0.15) is 5.10 Å². The third kappa shape index (κ3) is 3.92. The van der Waals surface area contributed by atoms with Crippen LogP contribution in [-0.2, 0) is 0 Å². The highest BCUT2D eigenvalue weighted by atomic mass is 35.5. The number of nitrogens with zero attached hydrogens (tertiary/aromatic N) is 2. The summed E-state index contributed by atoms with van der Waals surface area (Å²) in [6, 6.07) is 15.4. The van der Waals surface area contributed by atoms with Gasteiger partial charge in [-0.25, -0.2) is 4.68 Å². The third-order valence-corrected chi connectivity index (χ3v) is 7.33. The average molecular weight is 402 g/mol. The molecule has 1 fully saturated rings. The summed E-state index contributed by atoms with van der Waals surface area (Å²) in [6.07, 6.45) is 3.28. The number of benzene rings is 2. The summed E-state index contributed by atoms with van der Waals surface area (Å²) in [5.74, 6) is 2.18. The van der Waals surface area contributed by atoms with Gasteiger partial charge in [-0.3, -0.25) is 4.79 Å². The number of carbonyl (C=O) groups excluding carboxylic acids is 1. The minimum absolute atomic E-state index is 0.172. The molecule has 7 heteroatoms. The Morgan fingerprint density at radius 1 is 1.15 bits per heavy atom. The van der Waals surface area contributed by atoms with Crippen LogP contribution in [0.25, 0.3) is 5.69 Å². The van der Waals surface area contributed by atoms with Crippen LogP contribution >= 0.6 is 35.1 Å². The van der Waals surface area contributed by atoms with E-state index in [2.05, 4.69) is 22.5 Å². The third-order valence-electron chi connectivity index (χ3n) is 3.97. The second-order valence-corrected chi connectivity index (χ2v) is 8.96. The zero-order valence-electron chi connectivity index (χ0n) is 13.8. The van der Waals surface area contributed by atoms with Crippen molar-refractivity contribution in [3.05, 3.63) is 77.1 Å². The van der Waals surface area contributed by atoms with Crippen molar-refractivity contribution in [1.29, 1.82) is 0 Å². The van der Waals surface area contributed by atoms with E-state index in [-0.39, 0.29) is 5.91 Å². The van der Waals surface area contributed by atoms with Gasteiger partial charge in [0, 0.05) is 28.4 Å². The Balaban J connectivity index is 1.48. The molecule has 26 heavy (non-hydrogen) atoms. The van der Waals surface area contributed by atoms with E-state index in [4.69, 9.17) is 11.6 Å². The van der Waals surface area contributed by atoms with E-state index in [1.165, 1.54) is 17.1 Å². The van der Waals surface area contributed by atoms with E-state index >= 15 is 0 Å². The van der Waals surface area contributed by atoms with E-state index in [0.717, 1.165) is 11.4 Å².